The van der Waals surface area contributed by atoms with Crippen molar-refractivity contribution in [2.45, 2.75) is 19.5 Å². The molecular formula is C14H13BrF3N3OS. The first-order chi connectivity index (χ1) is 10.8. The first kappa shape index (κ1) is 17.6. The van der Waals surface area contributed by atoms with Gasteiger partial charge in [0.15, 0.2) is 5.96 Å². The Hall–Kier alpha value is -1.74. The molecule has 2 rings (SSSR count). The molecule has 2 aromatic rings. The van der Waals surface area contributed by atoms with E-state index in [1.165, 1.54) is 24.3 Å². The van der Waals surface area contributed by atoms with Gasteiger partial charge in [0.1, 0.15) is 5.75 Å². The van der Waals surface area contributed by atoms with Crippen LogP contribution in [0.25, 0.3) is 0 Å². The van der Waals surface area contributed by atoms with Crippen LogP contribution in [0.2, 0.25) is 0 Å². The van der Waals surface area contributed by atoms with E-state index in [-0.39, 0.29) is 18.3 Å². The van der Waals surface area contributed by atoms with Crippen molar-refractivity contribution in [2.24, 2.45) is 10.7 Å². The topological polar surface area (TPSA) is 59.6 Å². The van der Waals surface area contributed by atoms with Gasteiger partial charge in [-0.2, -0.15) is 0 Å². The molecule has 0 saturated heterocycles. The summed E-state index contributed by atoms with van der Waals surface area (Å²) < 4.78 is 41.0. The Morgan fingerprint density at radius 3 is 2.57 bits per heavy atom. The molecule has 9 heteroatoms. The lowest BCUT2D eigenvalue weighted by molar-refractivity contribution is -0.274. The second kappa shape index (κ2) is 7.69. The highest BCUT2D eigenvalue weighted by Crippen LogP contribution is 2.23. The van der Waals surface area contributed by atoms with Crippen molar-refractivity contribution >= 4 is 33.2 Å². The zero-order chi connectivity index (χ0) is 16.9. The van der Waals surface area contributed by atoms with Gasteiger partial charge in [-0.05, 0) is 39.7 Å². The van der Waals surface area contributed by atoms with E-state index in [9.17, 15) is 13.2 Å². The number of ether oxygens (including phenoxy) is 1. The number of nitrogens with zero attached hydrogens (tertiary/aromatic N) is 1. The zero-order valence-corrected chi connectivity index (χ0v) is 14.1. The molecule has 0 fully saturated rings. The predicted molar refractivity (Wildman–Crippen MR) is 87.3 cm³/mol. The van der Waals surface area contributed by atoms with Gasteiger partial charge in [0.25, 0.3) is 0 Å². The number of nitrogens with one attached hydrogen (secondary N) is 1. The maximum Gasteiger partial charge on any atom is 0.573 e. The molecule has 0 aliphatic heterocycles. The largest absolute Gasteiger partial charge is 0.573 e. The Morgan fingerprint density at radius 2 is 2.00 bits per heavy atom. The van der Waals surface area contributed by atoms with Crippen molar-refractivity contribution in [2.75, 3.05) is 0 Å². The molecule has 1 heterocycles. The van der Waals surface area contributed by atoms with Gasteiger partial charge < -0.3 is 15.8 Å². The highest BCUT2D eigenvalue weighted by molar-refractivity contribution is 9.10. The fourth-order valence-electron chi connectivity index (χ4n) is 1.65. The lowest BCUT2D eigenvalue weighted by Crippen LogP contribution is -2.30. The predicted octanol–water partition coefficient (Wildman–Crippen LogP) is 4.01. The Kier molecular flexibility index (Phi) is 5.89. The molecule has 0 saturated carbocycles. The van der Waals surface area contributed by atoms with E-state index in [2.05, 4.69) is 31.0 Å². The van der Waals surface area contributed by atoms with E-state index in [1.807, 2.05) is 11.4 Å². The minimum absolute atomic E-state index is 0.263. The van der Waals surface area contributed by atoms with Gasteiger partial charge in [0.05, 0.1) is 13.1 Å². The second-order valence-electron chi connectivity index (χ2n) is 4.48. The molecule has 124 valence electrons. The van der Waals surface area contributed by atoms with Crippen molar-refractivity contribution < 1.29 is 17.9 Å². The number of rotatable bonds is 5. The third kappa shape index (κ3) is 6.49. The first-order valence-corrected chi connectivity index (χ1v) is 8.10. The minimum Gasteiger partial charge on any atom is -0.406 e. The quantitative estimate of drug-likeness (QED) is 0.581. The Balaban J connectivity index is 1.84. The molecular weight excluding hydrogens is 395 g/mol. The summed E-state index contributed by atoms with van der Waals surface area (Å²) >= 11 is 4.95. The van der Waals surface area contributed by atoms with Gasteiger partial charge in [0, 0.05) is 14.7 Å². The van der Waals surface area contributed by atoms with Crippen molar-refractivity contribution in [3.05, 3.63) is 50.6 Å². The fraction of sp³-hybridized carbons (Fsp3) is 0.214. The molecule has 0 spiro atoms. The van der Waals surface area contributed by atoms with Gasteiger partial charge in [-0.25, -0.2) is 4.99 Å². The molecule has 23 heavy (non-hydrogen) atoms. The third-order valence-electron chi connectivity index (χ3n) is 2.65. The number of hydrogen-bond acceptors (Lipinski definition) is 3. The molecule has 0 amide bonds. The molecule has 0 unspecified atom stereocenters. The SMILES string of the molecule is NC(=NCc1ccc(OC(F)(F)F)cc1)NCc1cc(Br)cs1. The highest BCUT2D eigenvalue weighted by Gasteiger charge is 2.30. The Labute approximate surface area is 143 Å². The van der Waals surface area contributed by atoms with Crippen LogP contribution in [0.3, 0.4) is 0 Å². The summed E-state index contributed by atoms with van der Waals surface area (Å²) in [5, 5.41) is 4.94. The molecule has 0 atom stereocenters. The zero-order valence-electron chi connectivity index (χ0n) is 11.7. The molecule has 1 aromatic carbocycles. The third-order valence-corrected chi connectivity index (χ3v) is 4.35. The van der Waals surface area contributed by atoms with Gasteiger partial charge in [-0.3, -0.25) is 0 Å². The van der Waals surface area contributed by atoms with Gasteiger partial charge in [-0.15, -0.1) is 24.5 Å². The van der Waals surface area contributed by atoms with Crippen LogP contribution in [0.4, 0.5) is 13.2 Å². The van der Waals surface area contributed by atoms with Crippen LogP contribution in [-0.2, 0) is 13.1 Å². The van der Waals surface area contributed by atoms with Crippen LogP contribution < -0.4 is 15.8 Å². The minimum atomic E-state index is -4.69. The van der Waals surface area contributed by atoms with Crippen LogP contribution in [0.15, 0.2) is 45.2 Å². The van der Waals surface area contributed by atoms with Crippen molar-refractivity contribution in [1.82, 2.24) is 5.32 Å². The molecule has 0 aliphatic carbocycles. The lowest BCUT2D eigenvalue weighted by atomic mass is 10.2. The Bertz CT molecular complexity index is 671. The van der Waals surface area contributed by atoms with Crippen LogP contribution in [0.5, 0.6) is 5.75 Å². The average molecular weight is 408 g/mol. The van der Waals surface area contributed by atoms with Crippen LogP contribution >= 0.6 is 27.3 Å². The molecule has 4 nitrogen and oxygen atoms in total. The van der Waals surface area contributed by atoms with Gasteiger partial charge in [0.2, 0.25) is 0 Å². The van der Waals surface area contributed by atoms with Crippen LogP contribution in [0, 0.1) is 0 Å². The van der Waals surface area contributed by atoms with Gasteiger partial charge in [-0.1, -0.05) is 12.1 Å². The lowest BCUT2D eigenvalue weighted by Gasteiger charge is -2.09. The fourth-order valence-corrected chi connectivity index (χ4v) is 3.04. The van der Waals surface area contributed by atoms with Crippen molar-refractivity contribution in [3.63, 3.8) is 0 Å². The second-order valence-corrected chi connectivity index (χ2v) is 6.39. The van der Waals surface area contributed by atoms with Crippen LogP contribution in [-0.4, -0.2) is 12.3 Å². The number of alkyl halides is 3. The maximum atomic E-state index is 12.1. The van der Waals surface area contributed by atoms with Gasteiger partial charge >= 0.3 is 6.36 Å². The summed E-state index contributed by atoms with van der Waals surface area (Å²) in [7, 11) is 0. The van der Waals surface area contributed by atoms with E-state index >= 15 is 0 Å². The monoisotopic (exact) mass is 407 g/mol. The maximum absolute atomic E-state index is 12.1. The number of aliphatic imine (C=N–C) groups is 1. The summed E-state index contributed by atoms with van der Waals surface area (Å²) in [5.41, 5.74) is 6.47. The number of benzene rings is 1. The van der Waals surface area contributed by atoms with Crippen molar-refractivity contribution in [1.29, 1.82) is 0 Å². The number of nitrogens with two attached hydrogens (primary N) is 1. The van der Waals surface area contributed by atoms with E-state index in [1.54, 1.807) is 11.3 Å². The summed E-state index contributed by atoms with van der Waals surface area (Å²) in [5.74, 6) is 0.00439. The smallest absolute Gasteiger partial charge is 0.406 e. The van der Waals surface area contributed by atoms with E-state index in [0.717, 1.165) is 14.9 Å². The summed E-state index contributed by atoms with van der Waals surface area (Å²) in [6.07, 6.45) is -4.69. The number of guanidine groups is 1. The summed E-state index contributed by atoms with van der Waals surface area (Å²) in [6.45, 7) is 0.823. The average Bonchev–Trinajstić information content (AvgIpc) is 2.88. The van der Waals surface area contributed by atoms with E-state index < -0.39 is 6.36 Å². The number of halogens is 4. The summed E-state index contributed by atoms with van der Waals surface area (Å²) in [6, 6.07) is 7.48. The number of hydrogen-bond donors (Lipinski definition) is 2. The highest BCUT2D eigenvalue weighted by atomic mass is 79.9. The van der Waals surface area contributed by atoms with E-state index in [0.29, 0.717) is 6.54 Å². The number of thiophene rings is 1. The van der Waals surface area contributed by atoms with E-state index in [4.69, 9.17) is 5.73 Å². The molecule has 0 bridgehead atoms. The summed E-state index contributed by atoms with van der Waals surface area (Å²) in [4.78, 5) is 5.23. The van der Waals surface area contributed by atoms with Crippen LogP contribution in [0.1, 0.15) is 10.4 Å². The Morgan fingerprint density at radius 1 is 1.30 bits per heavy atom. The first-order valence-electron chi connectivity index (χ1n) is 6.43. The normalized spacial score (nSPS) is 12.3. The molecule has 3 N–H and O–H groups in total. The standard InChI is InChI=1S/C14H13BrF3N3OS/c15-10-5-12(23-8-10)7-21-13(19)20-6-9-1-3-11(4-2-9)22-14(16,17)18/h1-5,8H,6-7H2,(H3,19,20,21). The molecule has 1 aromatic heterocycles. The molecule has 0 aliphatic rings. The molecule has 0 radical (unpaired) electrons. The van der Waals surface area contributed by atoms with Crippen molar-refractivity contribution in [3.8, 4) is 5.75 Å².